The molecule has 1 aromatic carbocycles. The molecule has 0 unspecified atom stereocenters. The minimum Gasteiger partial charge on any atom is -0.360 e. The van der Waals surface area contributed by atoms with E-state index in [4.69, 9.17) is 4.84 Å². The number of nitrogens with one attached hydrogen (secondary N) is 1. The number of aromatic nitrogens is 3. The number of carbonyl (C=O) groups is 2. The number of para-hydroxylation sites is 1. The van der Waals surface area contributed by atoms with Gasteiger partial charge in [0.1, 0.15) is 0 Å². The van der Waals surface area contributed by atoms with Gasteiger partial charge in [0.05, 0.1) is 36.9 Å². The van der Waals surface area contributed by atoms with Gasteiger partial charge in [0.15, 0.2) is 0 Å². The van der Waals surface area contributed by atoms with Gasteiger partial charge in [-0.05, 0) is 25.0 Å². The number of hydrogen-bond acceptors (Lipinski definition) is 4. The Kier molecular flexibility index (Phi) is 4.55. The summed E-state index contributed by atoms with van der Waals surface area (Å²) in [4.78, 5) is 36.5. The SMILES string of the molecule is O=C(c1c[nH]c2ccccc12)N1Cc2ccnn2[C@H](CC(=O)N2CCCCO2)C1. The molecule has 4 heterocycles. The number of H-pyrrole nitrogens is 1. The van der Waals surface area contributed by atoms with E-state index in [1.165, 1.54) is 5.06 Å². The van der Waals surface area contributed by atoms with Crippen LogP contribution < -0.4 is 0 Å². The highest BCUT2D eigenvalue weighted by Crippen LogP contribution is 2.27. The van der Waals surface area contributed by atoms with E-state index < -0.39 is 0 Å². The highest BCUT2D eigenvalue weighted by atomic mass is 16.7. The highest BCUT2D eigenvalue weighted by molar-refractivity contribution is 6.06. The second kappa shape index (κ2) is 7.36. The van der Waals surface area contributed by atoms with E-state index in [2.05, 4.69) is 10.1 Å². The Morgan fingerprint density at radius 3 is 2.97 bits per heavy atom. The molecule has 0 saturated carbocycles. The van der Waals surface area contributed by atoms with Crippen LogP contribution in [0.1, 0.15) is 41.4 Å². The molecular weight excluding hydrogens is 370 g/mol. The summed E-state index contributed by atoms with van der Waals surface area (Å²) in [6.07, 6.45) is 5.68. The van der Waals surface area contributed by atoms with E-state index in [-0.39, 0.29) is 24.3 Å². The molecule has 8 nitrogen and oxygen atoms in total. The molecule has 2 aliphatic rings. The Morgan fingerprint density at radius 1 is 1.21 bits per heavy atom. The zero-order valence-electron chi connectivity index (χ0n) is 16.1. The van der Waals surface area contributed by atoms with Crippen LogP contribution in [0, 0.1) is 0 Å². The average molecular weight is 393 g/mol. The maximum absolute atomic E-state index is 13.3. The number of nitrogens with zero attached hydrogens (tertiary/aromatic N) is 4. The quantitative estimate of drug-likeness (QED) is 0.741. The lowest BCUT2D eigenvalue weighted by atomic mass is 10.1. The number of hydrogen-bond donors (Lipinski definition) is 1. The number of amides is 2. The minimum absolute atomic E-state index is 0.0402. The van der Waals surface area contributed by atoms with Crippen molar-refractivity contribution < 1.29 is 14.4 Å². The van der Waals surface area contributed by atoms with Crippen molar-refractivity contribution in [2.45, 2.75) is 31.8 Å². The third-order valence-electron chi connectivity index (χ3n) is 5.68. The summed E-state index contributed by atoms with van der Waals surface area (Å²) in [5, 5.41) is 6.78. The number of fused-ring (bicyclic) bond motifs is 2. The first-order valence-corrected chi connectivity index (χ1v) is 10.0. The van der Waals surface area contributed by atoms with Crippen LogP contribution in [0.3, 0.4) is 0 Å². The van der Waals surface area contributed by atoms with Crippen LogP contribution in [0.2, 0.25) is 0 Å². The Labute approximate surface area is 168 Å². The van der Waals surface area contributed by atoms with E-state index >= 15 is 0 Å². The number of benzene rings is 1. The molecule has 150 valence electrons. The van der Waals surface area contributed by atoms with Crippen LogP contribution in [0.5, 0.6) is 0 Å². The fraction of sp³-hybridized carbons (Fsp3) is 0.381. The summed E-state index contributed by atoms with van der Waals surface area (Å²) in [7, 11) is 0. The molecule has 1 saturated heterocycles. The van der Waals surface area contributed by atoms with Crippen molar-refractivity contribution in [3.8, 4) is 0 Å². The number of carbonyl (C=O) groups excluding carboxylic acids is 2. The van der Waals surface area contributed by atoms with Gasteiger partial charge < -0.3 is 9.88 Å². The molecular formula is C21H23N5O3. The zero-order chi connectivity index (χ0) is 19.8. The van der Waals surface area contributed by atoms with E-state index in [0.717, 1.165) is 29.4 Å². The second-order valence-corrected chi connectivity index (χ2v) is 7.59. The molecule has 2 aromatic heterocycles. The lowest BCUT2D eigenvalue weighted by molar-refractivity contribution is -0.198. The third kappa shape index (κ3) is 3.29. The van der Waals surface area contributed by atoms with Gasteiger partial charge >= 0.3 is 0 Å². The van der Waals surface area contributed by atoms with Crippen molar-refractivity contribution >= 4 is 22.7 Å². The van der Waals surface area contributed by atoms with Gasteiger partial charge in [0.2, 0.25) is 5.91 Å². The van der Waals surface area contributed by atoms with Crippen LogP contribution in [-0.2, 0) is 16.2 Å². The fourth-order valence-electron chi connectivity index (χ4n) is 4.21. The van der Waals surface area contributed by atoms with Crippen molar-refractivity contribution in [1.82, 2.24) is 24.7 Å². The minimum atomic E-state index is -0.207. The number of rotatable bonds is 3. The van der Waals surface area contributed by atoms with Crippen LogP contribution in [0.15, 0.2) is 42.7 Å². The van der Waals surface area contributed by atoms with E-state index in [0.29, 0.717) is 31.8 Å². The normalized spacial score (nSPS) is 19.4. The maximum Gasteiger partial charge on any atom is 0.256 e. The van der Waals surface area contributed by atoms with Crippen LogP contribution >= 0.6 is 0 Å². The van der Waals surface area contributed by atoms with Crippen molar-refractivity contribution in [1.29, 1.82) is 0 Å². The molecule has 1 N–H and O–H groups in total. The van der Waals surface area contributed by atoms with Crippen LogP contribution in [0.25, 0.3) is 10.9 Å². The van der Waals surface area contributed by atoms with Crippen molar-refractivity contribution in [3.63, 3.8) is 0 Å². The monoisotopic (exact) mass is 393 g/mol. The molecule has 1 fully saturated rings. The van der Waals surface area contributed by atoms with E-state index in [9.17, 15) is 9.59 Å². The molecule has 3 aromatic rings. The topological polar surface area (TPSA) is 83.5 Å². The van der Waals surface area contributed by atoms with Gasteiger partial charge in [0, 0.05) is 36.4 Å². The molecule has 2 aliphatic heterocycles. The van der Waals surface area contributed by atoms with Crippen molar-refractivity contribution in [2.24, 2.45) is 0 Å². The molecule has 1 atom stereocenters. The fourth-order valence-corrected chi connectivity index (χ4v) is 4.21. The first-order chi connectivity index (χ1) is 14.2. The molecule has 0 radical (unpaired) electrons. The second-order valence-electron chi connectivity index (χ2n) is 7.59. The summed E-state index contributed by atoms with van der Waals surface area (Å²) in [6.45, 7) is 2.11. The van der Waals surface area contributed by atoms with E-state index in [1.807, 2.05) is 39.9 Å². The Morgan fingerprint density at radius 2 is 2.10 bits per heavy atom. The molecule has 8 heteroatoms. The Balaban J connectivity index is 1.38. The predicted octanol–water partition coefficient (Wildman–Crippen LogP) is 2.51. The maximum atomic E-state index is 13.3. The largest absolute Gasteiger partial charge is 0.360 e. The van der Waals surface area contributed by atoms with Crippen molar-refractivity contribution in [3.05, 3.63) is 54.0 Å². The smallest absolute Gasteiger partial charge is 0.256 e. The molecule has 0 aliphatic carbocycles. The molecule has 5 rings (SSSR count). The summed E-state index contributed by atoms with van der Waals surface area (Å²) in [5.41, 5.74) is 2.52. The van der Waals surface area contributed by atoms with Gasteiger partial charge in [0.25, 0.3) is 5.91 Å². The Hall–Kier alpha value is -3.13. The average Bonchev–Trinajstić information content (AvgIpc) is 3.41. The summed E-state index contributed by atoms with van der Waals surface area (Å²) >= 11 is 0. The van der Waals surface area contributed by atoms with E-state index in [1.54, 1.807) is 12.4 Å². The zero-order valence-corrected chi connectivity index (χ0v) is 16.1. The van der Waals surface area contributed by atoms with Gasteiger partial charge in [-0.1, -0.05) is 18.2 Å². The summed E-state index contributed by atoms with van der Waals surface area (Å²) in [5.74, 6) is -0.0980. The molecule has 2 amide bonds. The number of hydroxylamine groups is 2. The molecule has 29 heavy (non-hydrogen) atoms. The predicted molar refractivity (Wildman–Crippen MR) is 106 cm³/mol. The summed E-state index contributed by atoms with van der Waals surface area (Å²) in [6, 6.07) is 9.47. The highest BCUT2D eigenvalue weighted by Gasteiger charge is 2.32. The van der Waals surface area contributed by atoms with Crippen LogP contribution in [0.4, 0.5) is 0 Å². The summed E-state index contributed by atoms with van der Waals surface area (Å²) < 4.78 is 1.88. The van der Waals surface area contributed by atoms with Gasteiger partial charge in [-0.15, -0.1) is 0 Å². The first-order valence-electron chi connectivity index (χ1n) is 10.0. The lowest BCUT2D eigenvalue weighted by Crippen LogP contribution is -2.44. The molecule has 0 bridgehead atoms. The van der Waals surface area contributed by atoms with Crippen molar-refractivity contribution in [2.75, 3.05) is 19.7 Å². The molecule has 0 spiro atoms. The lowest BCUT2D eigenvalue weighted by Gasteiger charge is -2.35. The van der Waals surface area contributed by atoms with Gasteiger partial charge in [-0.3, -0.25) is 19.1 Å². The van der Waals surface area contributed by atoms with Gasteiger partial charge in [-0.25, -0.2) is 5.06 Å². The standard InChI is InChI=1S/C21H23N5O3/c27-20(25-9-3-4-10-29-25)11-16-14-24(13-15-7-8-23-26(15)16)21(28)18-12-22-19-6-2-1-5-17(18)19/h1-2,5-8,12,16,22H,3-4,9-11,13-14H2/t16-/m1/s1. The Bertz CT molecular complexity index is 1050. The first kappa shape index (κ1) is 17.9. The third-order valence-corrected chi connectivity index (χ3v) is 5.68. The number of aromatic amines is 1. The van der Waals surface area contributed by atoms with Crippen LogP contribution in [-0.4, -0.2) is 56.2 Å². The van der Waals surface area contributed by atoms with Gasteiger partial charge in [-0.2, -0.15) is 5.10 Å².